The van der Waals surface area contributed by atoms with Crippen molar-refractivity contribution < 1.29 is 19.4 Å². The Kier molecular flexibility index (Phi) is 6.86. The van der Waals surface area contributed by atoms with Crippen LogP contribution in [0, 0.1) is 5.41 Å². The number of carboxylic acid groups (broad SMARTS) is 1. The van der Waals surface area contributed by atoms with Crippen LogP contribution in [0.1, 0.15) is 33.6 Å². The van der Waals surface area contributed by atoms with E-state index in [-0.39, 0.29) is 36.8 Å². The van der Waals surface area contributed by atoms with Crippen LogP contribution in [0.15, 0.2) is 0 Å². The van der Waals surface area contributed by atoms with Crippen molar-refractivity contribution in [2.45, 2.75) is 45.7 Å². The molecule has 0 bridgehead atoms. The van der Waals surface area contributed by atoms with Crippen LogP contribution in [-0.2, 0) is 14.3 Å². The summed E-state index contributed by atoms with van der Waals surface area (Å²) < 4.78 is 4.80. The van der Waals surface area contributed by atoms with Gasteiger partial charge in [0, 0.05) is 32.6 Å². The monoisotopic (exact) mass is 260 g/mol. The number of nitrogens with two attached hydrogens (primary N) is 1. The predicted molar refractivity (Wildman–Crippen MR) is 68.1 cm³/mol. The molecule has 4 N–H and O–H groups in total. The van der Waals surface area contributed by atoms with Gasteiger partial charge in [0.1, 0.15) is 6.04 Å². The van der Waals surface area contributed by atoms with Crippen molar-refractivity contribution in [1.29, 1.82) is 0 Å². The Morgan fingerprint density at radius 2 is 1.94 bits per heavy atom. The average molecular weight is 260 g/mol. The number of ether oxygens (including phenoxy) is 1. The third kappa shape index (κ3) is 6.56. The minimum Gasteiger partial charge on any atom is -0.480 e. The average Bonchev–Trinajstić information content (AvgIpc) is 2.22. The molecule has 6 heteroatoms. The summed E-state index contributed by atoms with van der Waals surface area (Å²) >= 11 is 0. The molecule has 0 aliphatic carbocycles. The number of rotatable bonds is 7. The second-order valence-electron chi connectivity index (χ2n) is 5.42. The number of carboxylic acids is 1. The number of carbonyl (C=O) groups is 2. The molecule has 0 heterocycles. The molecule has 0 aliphatic rings. The number of hydrogen-bond acceptors (Lipinski definition) is 4. The highest BCUT2D eigenvalue weighted by Gasteiger charge is 2.25. The Hall–Kier alpha value is -1.14. The lowest BCUT2D eigenvalue weighted by Gasteiger charge is -2.27. The minimum absolute atomic E-state index is 0.111. The van der Waals surface area contributed by atoms with E-state index in [1.807, 2.05) is 20.8 Å². The summed E-state index contributed by atoms with van der Waals surface area (Å²) in [6, 6.07) is -1.24. The molecule has 6 nitrogen and oxygen atoms in total. The summed E-state index contributed by atoms with van der Waals surface area (Å²) in [7, 11) is 1.48. The fourth-order valence-electron chi connectivity index (χ4n) is 1.25. The maximum absolute atomic E-state index is 11.7. The lowest BCUT2D eigenvalue weighted by Crippen LogP contribution is -2.45. The molecule has 0 aromatic heterocycles. The van der Waals surface area contributed by atoms with Gasteiger partial charge in [-0.3, -0.25) is 4.79 Å². The molecule has 18 heavy (non-hydrogen) atoms. The van der Waals surface area contributed by atoms with Gasteiger partial charge in [0.05, 0.1) is 0 Å². The van der Waals surface area contributed by atoms with E-state index >= 15 is 0 Å². The molecule has 106 valence electrons. The van der Waals surface area contributed by atoms with Gasteiger partial charge >= 0.3 is 5.97 Å². The van der Waals surface area contributed by atoms with Crippen LogP contribution in [0.25, 0.3) is 0 Å². The molecule has 2 unspecified atom stereocenters. The van der Waals surface area contributed by atoms with E-state index in [2.05, 4.69) is 5.32 Å². The molecule has 0 radical (unpaired) electrons. The Morgan fingerprint density at radius 1 is 1.39 bits per heavy atom. The van der Waals surface area contributed by atoms with Crippen molar-refractivity contribution in [3.8, 4) is 0 Å². The summed E-state index contributed by atoms with van der Waals surface area (Å²) in [5.41, 5.74) is 5.68. The zero-order chi connectivity index (χ0) is 14.3. The Labute approximate surface area is 108 Å². The maximum atomic E-state index is 11.7. The lowest BCUT2D eigenvalue weighted by molar-refractivity contribution is -0.142. The molecule has 0 aliphatic heterocycles. The molecular weight excluding hydrogens is 236 g/mol. The first-order valence-corrected chi connectivity index (χ1v) is 5.95. The van der Waals surface area contributed by atoms with Crippen LogP contribution >= 0.6 is 0 Å². The number of nitrogens with one attached hydrogen (secondary N) is 1. The molecule has 0 rings (SSSR count). The highest BCUT2D eigenvalue weighted by atomic mass is 16.5. The molecule has 0 saturated carbocycles. The van der Waals surface area contributed by atoms with Gasteiger partial charge in [0.25, 0.3) is 0 Å². The third-order valence-electron chi connectivity index (χ3n) is 2.76. The number of hydrogen-bond donors (Lipinski definition) is 3. The van der Waals surface area contributed by atoms with Crippen molar-refractivity contribution in [2.24, 2.45) is 11.1 Å². The second-order valence-corrected chi connectivity index (χ2v) is 5.42. The zero-order valence-electron chi connectivity index (χ0n) is 11.5. The van der Waals surface area contributed by atoms with E-state index in [1.165, 1.54) is 7.11 Å². The van der Waals surface area contributed by atoms with Gasteiger partial charge in [-0.25, -0.2) is 4.79 Å². The van der Waals surface area contributed by atoms with Crippen molar-refractivity contribution in [3.63, 3.8) is 0 Å². The highest BCUT2D eigenvalue weighted by molar-refractivity contribution is 5.83. The Morgan fingerprint density at radius 3 is 2.33 bits per heavy atom. The van der Waals surface area contributed by atoms with E-state index in [0.717, 1.165) is 0 Å². The summed E-state index contributed by atoms with van der Waals surface area (Å²) in [6.07, 6.45) is 0.350. The van der Waals surface area contributed by atoms with Crippen LogP contribution in [0.2, 0.25) is 0 Å². The van der Waals surface area contributed by atoms with E-state index in [1.54, 1.807) is 0 Å². The van der Waals surface area contributed by atoms with Gasteiger partial charge in [-0.2, -0.15) is 0 Å². The quantitative estimate of drug-likeness (QED) is 0.613. The largest absolute Gasteiger partial charge is 0.480 e. The van der Waals surface area contributed by atoms with Crippen molar-refractivity contribution in [1.82, 2.24) is 5.32 Å². The highest BCUT2D eigenvalue weighted by Crippen LogP contribution is 2.19. The van der Waals surface area contributed by atoms with Crippen LogP contribution in [0.5, 0.6) is 0 Å². The van der Waals surface area contributed by atoms with E-state index in [9.17, 15) is 9.59 Å². The van der Waals surface area contributed by atoms with Crippen LogP contribution in [0.3, 0.4) is 0 Å². The molecule has 1 amide bonds. The van der Waals surface area contributed by atoms with Gasteiger partial charge in [-0.15, -0.1) is 0 Å². The Bertz CT molecular complexity index is 286. The fourth-order valence-corrected chi connectivity index (χ4v) is 1.25. The second kappa shape index (κ2) is 7.33. The predicted octanol–water partition coefficient (Wildman–Crippen LogP) is 0.356. The molecule has 0 saturated heterocycles. The van der Waals surface area contributed by atoms with Crippen molar-refractivity contribution >= 4 is 11.9 Å². The topological polar surface area (TPSA) is 102 Å². The van der Waals surface area contributed by atoms with Gasteiger partial charge in [-0.1, -0.05) is 20.8 Å². The number of carbonyl (C=O) groups excluding carboxylic acids is 1. The maximum Gasteiger partial charge on any atom is 0.326 e. The van der Waals surface area contributed by atoms with Crippen molar-refractivity contribution in [3.05, 3.63) is 0 Å². The first-order chi connectivity index (χ1) is 8.18. The third-order valence-corrected chi connectivity index (χ3v) is 2.76. The normalized spacial score (nSPS) is 14.9. The summed E-state index contributed by atoms with van der Waals surface area (Å²) in [5, 5.41) is 11.4. The molecule has 2 atom stereocenters. The van der Waals surface area contributed by atoms with Gasteiger partial charge in [0.15, 0.2) is 0 Å². The summed E-state index contributed by atoms with van der Waals surface area (Å²) in [4.78, 5) is 22.6. The SMILES string of the molecule is COCCC(NC(=O)CC(N)C(C)(C)C)C(=O)O. The smallest absolute Gasteiger partial charge is 0.326 e. The van der Waals surface area contributed by atoms with Crippen LogP contribution in [0.4, 0.5) is 0 Å². The fraction of sp³-hybridized carbons (Fsp3) is 0.833. The lowest BCUT2D eigenvalue weighted by atomic mass is 9.85. The van der Waals surface area contributed by atoms with Gasteiger partial charge < -0.3 is 20.9 Å². The van der Waals surface area contributed by atoms with Gasteiger partial charge in [0.2, 0.25) is 5.91 Å². The number of methoxy groups -OCH3 is 1. The summed E-state index contributed by atoms with van der Waals surface area (Å²) in [5.74, 6) is -1.41. The molecule has 0 aromatic rings. The summed E-state index contributed by atoms with van der Waals surface area (Å²) in [6.45, 7) is 6.09. The molecule has 0 fully saturated rings. The molecular formula is C12H24N2O4. The Balaban J connectivity index is 4.30. The first kappa shape index (κ1) is 16.9. The van der Waals surface area contributed by atoms with E-state index in [0.29, 0.717) is 0 Å². The van der Waals surface area contributed by atoms with E-state index < -0.39 is 12.0 Å². The van der Waals surface area contributed by atoms with Crippen LogP contribution < -0.4 is 11.1 Å². The van der Waals surface area contributed by atoms with E-state index in [4.69, 9.17) is 15.6 Å². The minimum atomic E-state index is -1.07. The first-order valence-electron chi connectivity index (χ1n) is 5.95. The van der Waals surface area contributed by atoms with Gasteiger partial charge in [-0.05, 0) is 5.41 Å². The number of aliphatic carboxylic acids is 1. The standard InChI is InChI=1S/C12H24N2O4/c1-12(2,3)9(13)7-10(15)14-8(11(16)17)5-6-18-4/h8-9H,5-7,13H2,1-4H3,(H,14,15)(H,16,17). The molecule has 0 aromatic carbocycles. The number of amides is 1. The zero-order valence-corrected chi connectivity index (χ0v) is 11.5. The molecule has 0 spiro atoms. The van der Waals surface area contributed by atoms with Crippen molar-refractivity contribution in [2.75, 3.05) is 13.7 Å². The van der Waals surface area contributed by atoms with Crippen LogP contribution in [-0.4, -0.2) is 42.8 Å².